The first-order valence-corrected chi connectivity index (χ1v) is 9.37. The third-order valence-electron chi connectivity index (χ3n) is 4.30. The van der Waals surface area contributed by atoms with Crippen LogP contribution in [0.15, 0.2) is 77.3 Å². The molecule has 0 saturated heterocycles. The van der Waals surface area contributed by atoms with Gasteiger partial charge in [0.05, 0.1) is 24.0 Å². The molecule has 0 aliphatic carbocycles. The normalized spacial score (nSPS) is 10.2. The van der Waals surface area contributed by atoms with Crippen LogP contribution in [0.3, 0.4) is 0 Å². The smallest absolute Gasteiger partial charge is 0.337 e. The SMILES string of the molecule is COC(=O)c1ccc(C(=O)Nc2ccccc2N(C)c2ccc(Br)cc2)cc1. The predicted molar refractivity (Wildman–Crippen MR) is 114 cm³/mol. The summed E-state index contributed by atoms with van der Waals surface area (Å²) in [6.45, 7) is 0. The average molecular weight is 439 g/mol. The topological polar surface area (TPSA) is 58.6 Å². The van der Waals surface area contributed by atoms with Crippen molar-refractivity contribution < 1.29 is 14.3 Å². The van der Waals surface area contributed by atoms with Gasteiger partial charge in [0, 0.05) is 22.8 Å². The van der Waals surface area contributed by atoms with E-state index in [1.807, 2.05) is 60.5 Å². The van der Waals surface area contributed by atoms with Crippen molar-refractivity contribution in [3.63, 3.8) is 0 Å². The molecule has 0 atom stereocenters. The van der Waals surface area contributed by atoms with Crippen LogP contribution in [0.2, 0.25) is 0 Å². The van der Waals surface area contributed by atoms with E-state index in [0.29, 0.717) is 16.8 Å². The Morgan fingerprint density at radius 3 is 2.14 bits per heavy atom. The molecule has 0 radical (unpaired) electrons. The summed E-state index contributed by atoms with van der Waals surface area (Å²) in [4.78, 5) is 26.2. The Balaban J connectivity index is 1.82. The standard InChI is InChI=1S/C22H19BrN2O3/c1-25(18-13-11-17(23)12-14-18)20-6-4-3-5-19(20)24-21(26)15-7-9-16(10-8-15)22(27)28-2/h3-14H,1-2H3,(H,24,26). The Kier molecular flexibility index (Phi) is 6.11. The largest absolute Gasteiger partial charge is 0.465 e. The second-order valence-corrected chi connectivity index (χ2v) is 6.99. The minimum atomic E-state index is -0.437. The molecule has 6 heteroatoms. The van der Waals surface area contributed by atoms with Crippen LogP contribution in [0, 0.1) is 0 Å². The van der Waals surface area contributed by atoms with E-state index in [9.17, 15) is 9.59 Å². The van der Waals surface area contributed by atoms with E-state index in [-0.39, 0.29) is 5.91 Å². The molecule has 0 aliphatic heterocycles. The summed E-state index contributed by atoms with van der Waals surface area (Å²) >= 11 is 3.44. The van der Waals surface area contributed by atoms with Gasteiger partial charge < -0.3 is 15.0 Å². The molecule has 0 aromatic heterocycles. The Bertz CT molecular complexity index is 985. The number of nitrogens with one attached hydrogen (secondary N) is 1. The number of halogens is 1. The number of esters is 1. The van der Waals surface area contributed by atoms with Crippen LogP contribution in [-0.4, -0.2) is 26.0 Å². The molecule has 1 N–H and O–H groups in total. The van der Waals surface area contributed by atoms with Crippen LogP contribution in [0.1, 0.15) is 20.7 Å². The van der Waals surface area contributed by atoms with Gasteiger partial charge in [0.15, 0.2) is 0 Å². The minimum absolute atomic E-state index is 0.256. The zero-order valence-electron chi connectivity index (χ0n) is 15.5. The first kappa shape index (κ1) is 19.6. The van der Waals surface area contributed by atoms with E-state index in [0.717, 1.165) is 15.8 Å². The summed E-state index contributed by atoms with van der Waals surface area (Å²) in [5, 5.41) is 2.95. The summed E-state index contributed by atoms with van der Waals surface area (Å²) < 4.78 is 5.68. The third kappa shape index (κ3) is 4.40. The number of rotatable bonds is 5. The highest BCUT2D eigenvalue weighted by Crippen LogP contribution is 2.31. The number of ether oxygens (including phenoxy) is 1. The van der Waals surface area contributed by atoms with Crippen molar-refractivity contribution in [2.45, 2.75) is 0 Å². The maximum Gasteiger partial charge on any atom is 0.337 e. The van der Waals surface area contributed by atoms with Gasteiger partial charge in [-0.3, -0.25) is 4.79 Å². The number of methoxy groups -OCH3 is 1. The summed E-state index contributed by atoms with van der Waals surface area (Å²) in [5.41, 5.74) is 3.40. The molecule has 0 unspecified atom stereocenters. The summed E-state index contributed by atoms with van der Waals surface area (Å²) in [6, 6.07) is 21.9. The number of benzene rings is 3. The third-order valence-corrected chi connectivity index (χ3v) is 4.82. The lowest BCUT2D eigenvalue weighted by molar-refractivity contribution is 0.0600. The molecule has 0 heterocycles. The van der Waals surface area contributed by atoms with E-state index in [1.165, 1.54) is 7.11 Å². The number of amides is 1. The van der Waals surface area contributed by atoms with E-state index in [4.69, 9.17) is 0 Å². The van der Waals surface area contributed by atoms with Gasteiger partial charge in [-0.15, -0.1) is 0 Å². The molecule has 142 valence electrons. The lowest BCUT2D eigenvalue weighted by Gasteiger charge is -2.23. The van der Waals surface area contributed by atoms with Gasteiger partial charge in [0.1, 0.15) is 0 Å². The summed E-state index contributed by atoms with van der Waals surface area (Å²) in [6.07, 6.45) is 0. The van der Waals surface area contributed by atoms with Crippen molar-refractivity contribution in [2.75, 3.05) is 24.4 Å². The van der Waals surface area contributed by atoms with Crippen molar-refractivity contribution >= 4 is 44.9 Å². The minimum Gasteiger partial charge on any atom is -0.465 e. The van der Waals surface area contributed by atoms with Gasteiger partial charge in [-0.1, -0.05) is 28.1 Å². The fourth-order valence-corrected chi connectivity index (χ4v) is 3.01. The van der Waals surface area contributed by atoms with Crippen molar-refractivity contribution in [1.29, 1.82) is 0 Å². The fraction of sp³-hybridized carbons (Fsp3) is 0.0909. The van der Waals surface area contributed by atoms with E-state index < -0.39 is 5.97 Å². The van der Waals surface area contributed by atoms with Crippen molar-refractivity contribution in [2.24, 2.45) is 0 Å². The summed E-state index contributed by atoms with van der Waals surface area (Å²) in [5.74, 6) is -0.693. The summed E-state index contributed by atoms with van der Waals surface area (Å²) in [7, 11) is 3.27. The van der Waals surface area contributed by atoms with Gasteiger partial charge in [0.2, 0.25) is 0 Å². The molecule has 1 amide bonds. The molecule has 0 spiro atoms. The predicted octanol–water partition coefficient (Wildman–Crippen LogP) is 5.26. The van der Waals surface area contributed by atoms with Gasteiger partial charge >= 0.3 is 5.97 Å². The number of hydrogen-bond acceptors (Lipinski definition) is 4. The van der Waals surface area contributed by atoms with Gasteiger partial charge in [-0.05, 0) is 60.7 Å². The molecule has 0 fully saturated rings. The maximum absolute atomic E-state index is 12.7. The van der Waals surface area contributed by atoms with Crippen LogP contribution in [0.4, 0.5) is 17.1 Å². The molecule has 3 aromatic rings. The Labute approximate surface area is 172 Å². The average Bonchev–Trinajstić information content (AvgIpc) is 2.73. The second-order valence-electron chi connectivity index (χ2n) is 6.08. The molecule has 0 bridgehead atoms. The number of hydrogen-bond donors (Lipinski definition) is 1. The molecular formula is C22H19BrN2O3. The van der Waals surface area contributed by atoms with Gasteiger partial charge in [0.25, 0.3) is 5.91 Å². The number of carbonyl (C=O) groups excluding carboxylic acids is 2. The second kappa shape index (κ2) is 8.71. The molecule has 28 heavy (non-hydrogen) atoms. The zero-order valence-corrected chi connectivity index (χ0v) is 17.1. The lowest BCUT2D eigenvalue weighted by Crippen LogP contribution is -2.17. The monoisotopic (exact) mass is 438 g/mol. The van der Waals surface area contributed by atoms with E-state index in [1.54, 1.807) is 24.3 Å². The molecule has 3 aromatic carbocycles. The molecular weight excluding hydrogens is 420 g/mol. The van der Waals surface area contributed by atoms with Crippen LogP contribution in [-0.2, 0) is 4.74 Å². The Morgan fingerprint density at radius 2 is 1.50 bits per heavy atom. The molecule has 0 aliphatic rings. The van der Waals surface area contributed by atoms with Crippen LogP contribution in [0.25, 0.3) is 0 Å². The lowest BCUT2D eigenvalue weighted by atomic mass is 10.1. The number of para-hydroxylation sites is 2. The fourth-order valence-electron chi connectivity index (χ4n) is 2.75. The van der Waals surface area contributed by atoms with Gasteiger partial charge in [-0.2, -0.15) is 0 Å². The van der Waals surface area contributed by atoms with Crippen LogP contribution < -0.4 is 10.2 Å². The number of carbonyl (C=O) groups is 2. The Hall–Kier alpha value is -3.12. The van der Waals surface area contributed by atoms with Crippen molar-refractivity contribution in [3.05, 3.63) is 88.4 Å². The highest BCUT2D eigenvalue weighted by molar-refractivity contribution is 9.10. The number of anilines is 3. The zero-order chi connectivity index (χ0) is 20.1. The van der Waals surface area contributed by atoms with Crippen molar-refractivity contribution in [3.8, 4) is 0 Å². The van der Waals surface area contributed by atoms with Crippen LogP contribution in [0.5, 0.6) is 0 Å². The quantitative estimate of drug-likeness (QED) is 0.552. The first-order valence-electron chi connectivity index (χ1n) is 8.57. The highest BCUT2D eigenvalue weighted by Gasteiger charge is 2.13. The van der Waals surface area contributed by atoms with Crippen molar-refractivity contribution in [1.82, 2.24) is 0 Å². The number of nitrogens with zero attached hydrogens (tertiary/aromatic N) is 1. The molecule has 5 nitrogen and oxygen atoms in total. The Morgan fingerprint density at radius 1 is 0.893 bits per heavy atom. The maximum atomic E-state index is 12.7. The molecule has 0 saturated carbocycles. The molecule has 3 rings (SSSR count). The van der Waals surface area contributed by atoms with Gasteiger partial charge in [-0.25, -0.2) is 4.79 Å². The van der Waals surface area contributed by atoms with E-state index in [2.05, 4.69) is 26.0 Å². The highest BCUT2D eigenvalue weighted by atomic mass is 79.9. The van der Waals surface area contributed by atoms with Crippen LogP contribution >= 0.6 is 15.9 Å². The first-order chi connectivity index (χ1) is 13.5. The van der Waals surface area contributed by atoms with E-state index >= 15 is 0 Å².